The first-order valence-corrected chi connectivity index (χ1v) is 13.5. The second-order valence-corrected chi connectivity index (χ2v) is 12.2. The number of Topliss-reactive ketones (excluding diaryl/α,β-unsaturated/α-hetero) is 1. The molecule has 0 saturated carbocycles. The molecule has 2 saturated heterocycles. The lowest BCUT2D eigenvalue weighted by atomic mass is 10.0. The standard InChI is InChI=1S/C18H19Cl2N5O5S3/c1-7-22-23-18(33-7)32-6-8-5-31-16-12(15(28)25(16)13(8)17(29)30)21-11(26)4-24-2-9(19)14(27)10(20)3-24/h9-10,12,16H,2-6H2,1H3,(H,21,26)(H,29,30)/t9-,10+,12-,16+/m0/s1. The van der Waals surface area contributed by atoms with Crippen molar-refractivity contribution in [2.75, 3.05) is 31.1 Å². The van der Waals surface area contributed by atoms with Gasteiger partial charge >= 0.3 is 5.97 Å². The predicted octanol–water partition coefficient (Wildman–Crippen LogP) is 0.777. The number of carboxylic acid groups (broad SMARTS) is 1. The van der Waals surface area contributed by atoms with Gasteiger partial charge in [-0.15, -0.1) is 45.2 Å². The first kappa shape index (κ1) is 24.7. The fourth-order valence-corrected chi connectivity index (χ4v) is 7.79. The van der Waals surface area contributed by atoms with Crippen LogP contribution in [0.2, 0.25) is 0 Å². The van der Waals surface area contributed by atoms with Crippen LogP contribution in [0.1, 0.15) is 5.01 Å². The van der Waals surface area contributed by atoms with Crippen molar-refractivity contribution in [3.05, 3.63) is 16.3 Å². The number of halogens is 2. The van der Waals surface area contributed by atoms with Crippen molar-refractivity contribution in [3.63, 3.8) is 0 Å². The van der Waals surface area contributed by atoms with Crippen molar-refractivity contribution in [1.29, 1.82) is 0 Å². The Hall–Kier alpha value is -1.38. The maximum atomic E-state index is 12.8. The summed E-state index contributed by atoms with van der Waals surface area (Å²) >= 11 is 16.2. The number of nitrogens with one attached hydrogen (secondary N) is 1. The van der Waals surface area contributed by atoms with E-state index in [1.807, 2.05) is 6.92 Å². The molecule has 0 bridgehead atoms. The van der Waals surface area contributed by atoms with E-state index in [0.717, 1.165) is 9.35 Å². The fourth-order valence-electron chi connectivity index (χ4n) is 3.74. The number of β-lactam (4-membered cyclic amide) rings is 1. The van der Waals surface area contributed by atoms with Gasteiger partial charge in [-0.3, -0.25) is 24.2 Å². The third-order valence-corrected chi connectivity index (χ3v) is 9.37. The molecular weight excluding hydrogens is 533 g/mol. The quantitative estimate of drug-likeness (QED) is 0.284. The van der Waals surface area contributed by atoms with E-state index >= 15 is 0 Å². The second kappa shape index (κ2) is 10.1. The molecule has 33 heavy (non-hydrogen) atoms. The number of rotatable bonds is 7. The predicted molar refractivity (Wildman–Crippen MR) is 126 cm³/mol. The molecule has 1 aromatic heterocycles. The van der Waals surface area contributed by atoms with E-state index in [9.17, 15) is 24.3 Å². The summed E-state index contributed by atoms with van der Waals surface area (Å²) in [6.07, 6.45) is 0. The van der Waals surface area contributed by atoms with E-state index in [1.165, 1.54) is 39.8 Å². The van der Waals surface area contributed by atoms with Gasteiger partial charge in [-0.1, -0.05) is 23.1 Å². The van der Waals surface area contributed by atoms with Crippen LogP contribution in [-0.4, -0.2) is 102 Å². The van der Waals surface area contributed by atoms with Crippen molar-refractivity contribution in [2.24, 2.45) is 0 Å². The van der Waals surface area contributed by atoms with Gasteiger partial charge in [0.2, 0.25) is 5.91 Å². The van der Waals surface area contributed by atoms with Crippen LogP contribution < -0.4 is 5.32 Å². The van der Waals surface area contributed by atoms with E-state index in [4.69, 9.17) is 23.2 Å². The molecule has 0 spiro atoms. The van der Waals surface area contributed by atoms with E-state index in [2.05, 4.69) is 15.5 Å². The molecule has 4 rings (SSSR count). The summed E-state index contributed by atoms with van der Waals surface area (Å²) in [6, 6.07) is -0.818. The Bertz CT molecular complexity index is 1020. The van der Waals surface area contributed by atoms with Crippen molar-refractivity contribution < 1.29 is 24.3 Å². The Labute approximate surface area is 211 Å². The molecular formula is C18H19Cl2N5O5S3. The van der Waals surface area contributed by atoms with Gasteiger partial charge in [0.25, 0.3) is 5.91 Å². The van der Waals surface area contributed by atoms with Gasteiger partial charge in [0.15, 0.2) is 10.1 Å². The first-order chi connectivity index (χ1) is 15.7. The van der Waals surface area contributed by atoms with Crippen molar-refractivity contribution in [2.45, 2.75) is 33.4 Å². The number of nitrogens with zero attached hydrogens (tertiary/aromatic N) is 4. The molecule has 15 heteroatoms. The summed E-state index contributed by atoms with van der Waals surface area (Å²) in [5.74, 6) is -1.52. The lowest BCUT2D eigenvalue weighted by Gasteiger charge is -2.49. The zero-order chi connectivity index (χ0) is 23.9. The zero-order valence-corrected chi connectivity index (χ0v) is 21.2. The van der Waals surface area contributed by atoms with Gasteiger partial charge in [0.05, 0.1) is 6.54 Å². The summed E-state index contributed by atoms with van der Waals surface area (Å²) in [4.78, 5) is 51.9. The van der Waals surface area contributed by atoms with Gasteiger partial charge in [0.1, 0.15) is 32.9 Å². The maximum Gasteiger partial charge on any atom is 0.352 e. The molecule has 0 radical (unpaired) electrons. The number of fused-ring (bicyclic) bond motifs is 1. The maximum absolute atomic E-state index is 12.8. The number of likely N-dealkylation sites (tertiary alicyclic amines) is 1. The highest BCUT2D eigenvalue weighted by Gasteiger charge is 2.54. The minimum absolute atomic E-state index is 0.0347. The van der Waals surface area contributed by atoms with Crippen LogP contribution in [0.3, 0.4) is 0 Å². The van der Waals surface area contributed by atoms with Crippen LogP contribution in [0.5, 0.6) is 0 Å². The Kier molecular flexibility index (Phi) is 7.56. The monoisotopic (exact) mass is 551 g/mol. The average molecular weight is 552 g/mol. The molecule has 3 aliphatic rings. The third-order valence-electron chi connectivity index (χ3n) is 5.27. The van der Waals surface area contributed by atoms with Crippen molar-refractivity contribution >= 4 is 81.6 Å². The number of carbonyl (C=O) groups is 4. The van der Waals surface area contributed by atoms with E-state index < -0.39 is 40.0 Å². The molecule has 2 fully saturated rings. The SMILES string of the molecule is Cc1nnc(SCC2=C(C(=O)O)N3C(=O)[C@H](NC(=O)CN4C[C@@H](Cl)C(=O)[C@@H](Cl)C4)[C@H]3SC2)s1. The minimum atomic E-state index is -1.18. The molecule has 0 aromatic carbocycles. The molecule has 4 heterocycles. The van der Waals surface area contributed by atoms with Crippen molar-refractivity contribution in [1.82, 2.24) is 25.3 Å². The summed E-state index contributed by atoms with van der Waals surface area (Å²) in [6.45, 7) is 2.17. The van der Waals surface area contributed by atoms with E-state index in [0.29, 0.717) is 17.1 Å². The largest absolute Gasteiger partial charge is 0.477 e. The van der Waals surface area contributed by atoms with Crippen LogP contribution in [0.25, 0.3) is 0 Å². The van der Waals surface area contributed by atoms with Crippen molar-refractivity contribution in [3.8, 4) is 0 Å². The summed E-state index contributed by atoms with van der Waals surface area (Å²) in [5.41, 5.74) is 0.589. The number of piperidine rings is 1. The molecule has 4 atom stereocenters. The van der Waals surface area contributed by atoms with Gasteiger partial charge in [-0.2, -0.15) is 0 Å². The number of aliphatic carboxylic acids is 1. The number of aromatic nitrogens is 2. The smallest absolute Gasteiger partial charge is 0.352 e. The first-order valence-electron chi connectivity index (χ1n) is 9.82. The molecule has 0 aliphatic carbocycles. The average Bonchev–Trinajstić information content (AvgIpc) is 3.18. The number of carbonyl (C=O) groups excluding carboxylic acids is 3. The number of thioether (sulfide) groups is 2. The lowest BCUT2D eigenvalue weighted by molar-refractivity contribution is -0.150. The Morgan fingerprint density at radius 1 is 1.24 bits per heavy atom. The van der Waals surface area contributed by atoms with Gasteiger partial charge in [-0.05, 0) is 12.5 Å². The van der Waals surface area contributed by atoms with Crippen LogP contribution in [-0.2, 0) is 19.2 Å². The fraction of sp³-hybridized carbons (Fsp3) is 0.556. The summed E-state index contributed by atoms with van der Waals surface area (Å²) < 4.78 is 0.731. The van der Waals surface area contributed by atoms with E-state index in [-0.39, 0.29) is 31.1 Å². The Morgan fingerprint density at radius 2 is 1.94 bits per heavy atom. The normalized spacial score (nSPS) is 27.9. The molecule has 3 aliphatic heterocycles. The molecule has 178 valence electrons. The highest BCUT2D eigenvalue weighted by molar-refractivity contribution is 8.01. The Balaban J connectivity index is 1.38. The molecule has 1 aromatic rings. The lowest BCUT2D eigenvalue weighted by Crippen LogP contribution is -2.71. The van der Waals surface area contributed by atoms with Crippen LogP contribution >= 0.6 is 58.1 Å². The van der Waals surface area contributed by atoms with Gasteiger partial charge in [-0.25, -0.2) is 4.79 Å². The Morgan fingerprint density at radius 3 is 2.55 bits per heavy atom. The number of amides is 2. The number of hydrogen-bond donors (Lipinski definition) is 2. The molecule has 2 N–H and O–H groups in total. The molecule has 0 unspecified atom stereocenters. The molecule has 10 nitrogen and oxygen atoms in total. The number of ketones is 1. The van der Waals surface area contributed by atoms with Gasteiger partial charge in [0, 0.05) is 24.6 Å². The summed E-state index contributed by atoms with van der Waals surface area (Å²) in [7, 11) is 0. The number of carboxylic acids is 1. The number of alkyl halides is 2. The highest BCUT2D eigenvalue weighted by Crippen LogP contribution is 2.41. The van der Waals surface area contributed by atoms with Crippen LogP contribution in [0.15, 0.2) is 15.6 Å². The topological polar surface area (TPSA) is 133 Å². The summed E-state index contributed by atoms with van der Waals surface area (Å²) in [5, 5.41) is 19.2. The number of hydrogen-bond acceptors (Lipinski definition) is 10. The zero-order valence-electron chi connectivity index (χ0n) is 17.2. The van der Waals surface area contributed by atoms with E-state index in [1.54, 1.807) is 4.90 Å². The second-order valence-electron chi connectivity index (χ2n) is 7.62. The number of aryl methyl sites for hydroxylation is 1. The molecule has 2 amide bonds. The van der Waals surface area contributed by atoms with Gasteiger partial charge < -0.3 is 10.4 Å². The third kappa shape index (κ3) is 5.17. The van der Waals surface area contributed by atoms with Crippen LogP contribution in [0, 0.1) is 6.92 Å². The van der Waals surface area contributed by atoms with Crippen LogP contribution in [0.4, 0.5) is 0 Å². The minimum Gasteiger partial charge on any atom is -0.477 e. The highest BCUT2D eigenvalue weighted by atomic mass is 35.5.